The summed E-state index contributed by atoms with van der Waals surface area (Å²) < 4.78 is 11.3. The number of methoxy groups -OCH3 is 1. The van der Waals surface area contributed by atoms with Crippen LogP contribution in [0.2, 0.25) is 0 Å². The van der Waals surface area contributed by atoms with Gasteiger partial charge in [-0.05, 0) is 43.0 Å². The average molecular weight is 444 g/mol. The fourth-order valence-corrected chi connectivity index (χ4v) is 4.65. The zero-order valence-electron chi connectivity index (χ0n) is 18.6. The first-order valence-corrected chi connectivity index (χ1v) is 12.1. The summed E-state index contributed by atoms with van der Waals surface area (Å²) in [5.74, 6) is 1.66. The number of carbonyl (C=O) groups is 1. The first kappa shape index (κ1) is 23.3. The lowest BCUT2D eigenvalue weighted by Crippen LogP contribution is -2.07. The highest BCUT2D eigenvalue weighted by molar-refractivity contribution is 7.15. The van der Waals surface area contributed by atoms with Crippen molar-refractivity contribution in [1.29, 1.82) is 0 Å². The maximum atomic E-state index is 12.3. The van der Waals surface area contributed by atoms with Crippen LogP contribution in [0.3, 0.4) is 0 Å². The molecule has 0 radical (unpaired) electrons. The van der Waals surface area contributed by atoms with Gasteiger partial charge >= 0.3 is 0 Å². The molecule has 1 aromatic heterocycles. The molecule has 1 fully saturated rings. The first-order valence-electron chi connectivity index (χ1n) is 11.3. The minimum atomic E-state index is -0.221. The predicted octanol–water partition coefficient (Wildman–Crippen LogP) is 6.21. The highest BCUT2D eigenvalue weighted by atomic mass is 32.1. The van der Waals surface area contributed by atoms with Gasteiger partial charge in [-0.1, -0.05) is 62.9 Å². The third-order valence-corrected chi connectivity index (χ3v) is 6.50. The summed E-state index contributed by atoms with van der Waals surface area (Å²) in [6, 6.07) is 5.68. The number of hydrogen-bond donors (Lipinski definition) is 1. The van der Waals surface area contributed by atoms with Crippen molar-refractivity contribution in [3.63, 3.8) is 0 Å². The van der Waals surface area contributed by atoms with E-state index in [1.165, 1.54) is 68.8 Å². The summed E-state index contributed by atoms with van der Waals surface area (Å²) in [4.78, 5) is 12.3. The molecule has 0 unspecified atom stereocenters. The molecular weight excluding hydrogens is 410 g/mol. The summed E-state index contributed by atoms with van der Waals surface area (Å²) in [6.07, 6.45) is 14.0. The molecule has 168 valence electrons. The number of nitrogens with one attached hydrogen (secondary N) is 1. The Bertz CT molecular complexity index is 860. The first-order chi connectivity index (χ1) is 15.2. The number of rotatable bonds is 11. The predicted molar refractivity (Wildman–Crippen MR) is 126 cm³/mol. The lowest BCUT2D eigenvalue weighted by Gasteiger charge is -2.18. The minimum Gasteiger partial charge on any atom is -0.493 e. The van der Waals surface area contributed by atoms with E-state index in [0.29, 0.717) is 23.4 Å². The molecule has 6 nitrogen and oxygen atoms in total. The Kier molecular flexibility index (Phi) is 9.34. The number of carbonyl (C=O) groups excluding carboxylic acids is 1. The van der Waals surface area contributed by atoms with Crippen molar-refractivity contribution in [3.05, 3.63) is 34.8 Å². The third-order valence-electron chi connectivity index (χ3n) is 5.50. The molecule has 1 N–H and O–H groups in total. The van der Waals surface area contributed by atoms with Crippen molar-refractivity contribution in [2.75, 3.05) is 19.0 Å². The van der Waals surface area contributed by atoms with Gasteiger partial charge in [0.05, 0.1) is 13.7 Å². The summed E-state index contributed by atoms with van der Waals surface area (Å²) in [5, 5.41) is 12.8. The number of unbranched alkanes of at least 4 members (excludes halogenated alkanes) is 3. The Morgan fingerprint density at radius 3 is 2.77 bits per heavy atom. The van der Waals surface area contributed by atoms with Crippen LogP contribution in [-0.4, -0.2) is 29.8 Å². The molecule has 1 aliphatic rings. The van der Waals surface area contributed by atoms with E-state index in [4.69, 9.17) is 9.47 Å². The Labute approximate surface area is 189 Å². The summed E-state index contributed by atoms with van der Waals surface area (Å²) in [6.45, 7) is 2.87. The highest BCUT2D eigenvalue weighted by Crippen LogP contribution is 2.35. The second-order valence-corrected chi connectivity index (χ2v) is 8.93. The van der Waals surface area contributed by atoms with Gasteiger partial charge in [0, 0.05) is 12.0 Å². The smallest absolute Gasteiger partial charge is 0.250 e. The number of ether oxygens (including phenoxy) is 2. The molecule has 1 aliphatic carbocycles. The standard InChI is InChI=1S/C24H33N3O3S/c1-3-4-5-9-16-30-20-14-12-18(17-21(20)29-2)13-15-22(28)25-24-27-26-23(31-24)19-10-7-6-8-11-19/h12-15,17,19H,3-11,16H2,1-2H3,(H,25,27,28)/b15-13+. The molecule has 0 spiro atoms. The molecule has 0 atom stereocenters. The van der Waals surface area contributed by atoms with Gasteiger partial charge in [0.25, 0.3) is 0 Å². The van der Waals surface area contributed by atoms with Crippen LogP contribution in [0.5, 0.6) is 11.5 Å². The molecule has 1 saturated carbocycles. The van der Waals surface area contributed by atoms with Gasteiger partial charge in [-0.25, -0.2) is 0 Å². The zero-order chi connectivity index (χ0) is 21.9. The van der Waals surface area contributed by atoms with Crippen LogP contribution >= 0.6 is 11.3 Å². The third kappa shape index (κ3) is 7.35. The monoisotopic (exact) mass is 443 g/mol. The summed E-state index contributed by atoms with van der Waals surface area (Å²) >= 11 is 1.49. The van der Waals surface area contributed by atoms with Gasteiger partial charge in [0.15, 0.2) is 11.5 Å². The van der Waals surface area contributed by atoms with Crippen LogP contribution in [0.1, 0.15) is 81.2 Å². The van der Waals surface area contributed by atoms with Gasteiger partial charge in [-0.3, -0.25) is 10.1 Å². The highest BCUT2D eigenvalue weighted by Gasteiger charge is 2.20. The van der Waals surface area contributed by atoms with Crippen LogP contribution < -0.4 is 14.8 Å². The molecule has 0 saturated heterocycles. The lowest BCUT2D eigenvalue weighted by atomic mass is 9.90. The Morgan fingerprint density at radius 2 is 2.00 bits per heavy atom. The second kappa shape index (κ2) is 12.4. The van der Waals surface area contributed by atoms with Crippen molar-refractivity contribution in [3.8, 4) is 11.5 Å². The van der Waals surface area contributed by atoms with Crippen molar-refractivity contribution in [2.24, 2.45) is 0 Å². The Balaban J connectivity index is 1.52. The zero-order valence-corrected chi connectivity index (χ0v) is 19.4. The van der Waals surface area contributed by atoms with E-state index >= 15 is 0 Å². The number of aromatic nitrogens is 2. The Morgan fingerprint density at radius 1 is 1.16 bits per heavy atom. The van der Waals surface area contributed by atoms with Gasteiger partial charge < -0.3 is 9.47 Å². The van der Waals surface area contributed by atoms with E-state index in [1.54, 1.807) is 13.2 Å². The Hall–Kier alpha value is -2.41. The molecule has 31 heavy (non-hydrogen) atoms. The molecule has 1 aromatic carbocycles. The fourth-order valence-electron chi connectivity index (χ4n) is 3.74. The second-order valence-electron chi connectivity index (χ2n) is 7.92. The molecular formula is C24H33N3O3S. The van der Waals surface area contributed by atoms with Crippen LogP contribution in [-0.2, 0) is 4.79 Å². The minimum absolute atomic E-state index is 0.221. The van der Waals surface area contributed by atoms with E-state index < -0.39 is 0 Å². The molecule has 1 heterocycles. The molecule has 1 amide bonds. The van der Waals surface area contributed by atoms with Gasteiger partial charge in [-0.15, -0.1) is 10.2 Å². The van der Waals surface area contributed by atoms with Crippen LogP contribution in [0.4, 0.5) is 5.13 Å². The number of benzene rings is 1. The average Bonchev–Trinajstić information content (AvgIpc) is 3.27. The fraction of sp³-hybridized carbons (Fsp3) is 0.542. The van der Waals surface area contributed by atoms with Gasteiger partial charge in [0.2, 0.25) is 11.0 Å². The maximum Gasteiger partial charge on any atom is 0.250 e. The largest absolute Gasteiger partial charge is 0.493 e. The number of anilines is 1. The van der Waals surface area contributed by atoms with E-state index in [2.05, 4.69) is 22.4 Å². The SMILES string of the molecule is CCCCCCOc1ccc(/C=C/C(=O)Nc2nnc(C3CCCCC3)s2)cc1OC. The van der Waals surface area contributed by atoms with E-state index in [0.717, 1.165) is 22.7 Å². The summed E-state index contributed by atoms with van der Waals surface area (Å²) in [7, 11) is 1.62. The molecule has 3 rings (SSSR count). The number of nitrogens with zero attached hydrogens (tertiary/aromatic N) is 2. The number of amides is 1. The van der Waals surface area contributed by atoms with Crippen LogP contribution in [0.15, 0.2) is 24.3 Å². The van der Waals surface area contributed by atoms with Crippen LogP contribution in [0, 0.1) is 0 Å². The summed E-state index contributed by atoms with van der Waals surface area (Å²) in [5.41, 5.74) is 0.866. The van der Waals surface area contributed by atoms with Gasteiger partial charge in [-0.2, -0.15) is 0 Å². The maximum absolute atomic E-state index is 12.3. The van der Waals surface area contributed by atoms with E-state index in [1.807, 2.05) is 18.2 Å². The van der Waals surface area contributed by atoms with E-state index in [-0.39, 0.29) is 5.91 Å². The van der Waals surface area contributed by atoms with Gasteiger partial charge in [0.1, 0.15) is 5.01 Å². The van der Waals surface area contributed by atoms with Crippen molar-refractivity contribution in [1.82, 2.24) is 10.2 Å². The lowest BCUT2D eigenvalue weighted by molar-refractivity contribution is -0.111. The van der Waals surface area contributed by atoms with Crippen LogP contribution in [0.25, 0.3) is 6.08 Å². The molecule has 0 bridgehead atoms. The van der Waals surface area contributed by atoms with Crippen molar-refractivity contribution >= 4 is 28.5 Å². The quantitative estimate of drug-likeness (QED) is 0.330. The molecule has 7 heteroatoms. The normalized spacial score (nSPS) is 14.6. The molecule has 0 aliphatic heterocycles. The van der Waals surface area contributed by atoms with Crippen molar-refractivity contribution < 1.29 is 14.3 Å². The number of hydrogen-bond acceptors (Lipinski definition) is 6. The molecule has 2 aromatic rings. The topological polar surface area (TPSA) is 73.3 Å². The van der Waals surface area contributed by atoms with E-state index in [9.17, 15) is 4.79 Å². The van der Waals surface area contributed by atoms with Crippen molar-refractivity contribution in [2.45, 2.75) is 70.6 Å².